The lowest BCUT2D eigenvalue weighted by molar-refractivity contribution is 0.516. The molecule has 0 radical (unpaired) electrons. The predicted molar refractivity (Wildman–Crippen MR) is 127 cm³/mol. The minimum atomic E-state index is 0.419. The molecule has 0 N–H and O–H groups in total. The van der Waals surface area contributed by atoms with Gasteiger partial charge < -0.3 is 0 Å². The summed E-state index contributed by atoms with van der Waals surface area (Å²) in [5.41, 5.74) is 0.419. The number of hydrogen-bond donors (Lipinski definition) is 4. The van der Waals surface area contributed by atoms with E-state index in [0.717, 1.165) is 46.0 Å². The van der Waals surface area contributed by atoms with E-state index >= 15 is 0 Å². The maximum absolute atomic E-state index is 4.34. The molecule has 0 heterocycles. The van der Waals surface area contributed by atoms with Crippen molar-refractivity contribution >= 4 is 97.6 Å². The first-order valence-corrected chi connectivity index (χ1v) is 14.1. The fourth-order valence-corrected chi connectivity index (χ4v) is 8.04. The van der Waals surface area contributed by atoms with E-state index < -0.39 is 0 Å². The number of rotatable bonds is 16. The van der Waals surface area contributed by atoms with Gasteiger partial charge in [-0.3, -0.25) is 0 Å². The van der Waals surface area contributed by atoms with E-state index in [1.165, 1.54) is 23.0 Å². The minimum absolute atomic E-state index is 0.419. The van der Waals surface area contributed by atoms with Gasteiger partial charge in [0.05, 0.1) is 0 Å². The van der Waals surface area contributed by atoms with Crippen LogP contribution in [-0.2, 0) is 0 Å². The van der Waals surface area contributed by atoms with Gasteiger partial charge in [0.1, 0.15) is 0 Å². The van der Waals surface area contributed by atoms with E-state index in [9.17, 15) is 0 Å². The smallest absolute Gasteiger partial charge is 0.00650 e. The molecule has 0 spiro atoms. The van der Waals surface area contributed by atoms with E-state index in [1.807, 2.05) is 0 Å². The molecule has 0 saturated heterocycles. The van der Waals surface area contributed by atoms with Crippen LogP contribution < -0.4 is 0 Å². The van der Waals surface area contributed by atoms with Gasteiger partial charge in [-0.2, -0.15) is 97.6 Å². The number of thioether (sulfide) groups is 4. The van der Waals surface area contributed by atoms with Crippen molar-refractivity contribution in [1.29, 1.82) is 0 Å². The molecule has 0 nitrogen and oxygen atoms in total. The molecule has 0 aliphatic carbocycles. The van der Waals surface area contributed by atoms with Crippen molar-refractivity contribution in [2.45, 2.75) is 0 Å². The molecular formula is C13H28S8. The molecule has 0 aromatic rings. The lowest BCUT2D eigenvalue weighted by Crippen LogP contribution is -2.34. The predicted octanol–water partition coefficient (Wildman–Crippen LogP) is 4.62. The van der Waals surface area contributed by atoms with E-state index in [-0.39, 0.29) is 0 Å². The molecule has 0 unspecified atom stereocenters. The Kier molecular flexibility index (Phi) is 20.0. The van der Waals surface area contributed by atoms with Crippen LogP contribution in [0.4, 0.5) is 0 Å². The lowest BCUT2D eigenvalue weighted by atomic mass is 9.99. The summed E-state index contributed by atoms with van der Waals surface area (Å²) in [6.07, 6.45) is 0. The fourth-order valence-electron chi connectivity index (χ4n) is 1.66. The molecule has 0 amide bonds. The van der Waals surface area contributed by atoms with Crippen LogP contribution in [-0.4, -0.2) is 69.0 Å². The maximum atomic E-state index is 4.34. The molecular weight excluding hydrogens is 413 g/mol. The van der Waals surface area contributed by atoms with Gasteiger partial charge in [0.2, 0.25) is 0 Å². The van der Waals surface area contributed by atoms with Crippen molar-refractivity contribution in [3.05, 3.63) is 0 Å². The van der Waals surface area contributed by atoms with E-state index in [2.05, 4.69) is 97.6 Å². The van der Waals surface area contributed by atoms with Gasteiger partial charge in [0, 0.05) is 51.4 Å². The Morgan fingerprint density at radius 3 is 0.905 bits per heavy atom. The summed E-state index contributed by atoms with van der Waals surface area (Å²) >= 11 is 25.6. The van der Waals surface area contributed by atoms with Crippen LogP contribution in [0.3, 0.4) is 0 Å². The molecule has 0 rings (SSSR count). The summed E-state index contributed by atoms with van der Waals surface area (Å²) in [4.78, 5) is 0. The van der Waals surface area contributed by atoms with Crippen molar-refractivity contribution in [2.24, 2.45) is 5.41 Å². The molecule has 0 aromatic carbocycles. The zero-order chi connectivity index (χ0) is 15.8. The van der Waals surface area contributed by atoms with Gasteiger partial charge in [-0.25, -0.2) is 0 Å². The highest BCUT2D eigenvalue weighted by molar-refractivity contribution is 8.02. The monoisotopic (exact) mass is 440 g/mol. The Morgan fingerprint density at radius 1 is 0.476 bits per heavy atom. The van der Waals surface area contributed by atoms with E-state index in [4.69, 9.17) is 0 Å². The minimum Gasteiger partial charge on any atom is -0.179 e. The molecule has 0 bridgehead atoms. The summed E-state index contributed by atoms with van der Waals surface area (Å²) in [6, 6.07) is 0. The Hall–Kier alpha value is 2.80. The average Bonchev–Trinajstić information content (AvgIpc) is 2.48. The van der Waals surface area contributed by atoms with Gasteiger partial charge in [0.15, 0.2) is 0 Å². The van der Waals surface area contributed by atoms with E-state index in [1.54, 1.807) is 0 Å². The van der Waals surface area contributed by atoms with Crippen molar-refractivity contribution in [3.8, 4) is 0 Å². The normalized spacial score (nSPS) is 12.0. The van der Waals surface area contributed by atoms with Gasteiger partial charge in [-0.15, -0.1) is 0 Å². The van der Waals surface area contributed by atoms with Gasteiger partial charge >= 0.3 is 0 Å². The van der Waals surface area contributed by atoms with Crippen molar-refractivity contribution in [2.75, 3.05) is 69.0 Å². The van der Waals surface area contributed by atoms with Crippen LogP contribution in [0.15, 0.2) is 0 Å². The third-order valence-electron chi connectivity index (χ3n) is 2.58. The van der Waals surface area contributed by atoms with Crippen molar-refractivity contribution in [3.63, 3.8) is 0 Å². The Labute approximate surface area is 170 Å². The quantitative estimate of drug-likeness (QED) is 0.204. The highest BCUT2D eigenvalue weighted by atomic mass is 32.2. The average molecular weight is 441 g/mol. The van der Waals surface area contributed by atoms with Crippen LogP contribution in [0, 0.1) is 5.41 Å². The Bertz CT molecular complexity index is 169. The summed E-state index contributed by atoms with van der Waals surface area (Å²) in [6.45, 7) is 0. The van der Waals surface area contributed by atoms with Crippen LogP contribution in [0.5, 0.6) is 0 Å². The van der Waals surface area contributed by atoms with Gasteiger partial charge in [-0.05, 0) is 23.0 Å². The second kappa shape index (κ2) is 17.6. The fraction of sp³-hybridized carbons (Fsp3) is 1.00. The molecule has 8 heteroatoms. The van der Waals surface area contributed by atoms with Crippen LogP contribution in [0.25, 0.3) is 0 Å². The molecule has 0 aromatic heterocycles. The Balaban J connectivity index is 4.52. The van der Waals surface area contributed by atoms with Gasteiger partial charge in [0.25, 0.3) is 0 Å². The van der Waals surface area contributed by atoms with E-state index in [0.29, 0.717) is 5.41 Å². The summed E-state index contributed by atoms with van der Waals surface area (Å²) in [5.74, 6) is 13.4. The molecule has 0 saturated carbocycles. The third kappa shape index (κ3) is 13.7. The number of hydrogen-bond acceptors (Lipinski definition) is 8. The van der Waals surface area contributed by atoms with Crippen LogP contribution in [0.2, 0.25) is 0 Å². The molecule has 0 fully saturated rings. The Morgan fingerprint density at radius 2 is 0.714 bits per heavy atom. The zero-order valence-electron chi connectivity index (χ0n) is 12.4. The molecule has 0 aliphatic rings. The van der Waals surface area contributed by atoms with Crippen molar-refractivity contribution < 1.29 is 0 Å². The summed E-state index contributed by atoms with van der Waals surface area (Å²) in [7, 11) is 0. The zero-order valence-corrected chi connectivity index (χ0v) is 19.3. The summed E-state index contributed by atoms with van der Waals surface area (Å²) in [5, 5.41) is 0. The molecule has 0 atom stereocenters. The van der Waals surface area contributed by atoms with Gasteiger partial charge in [-0.1, -0.05) is 0 Å². The highest BCUT2D eigenvalue weighted by Gasteiger charge is 2.30. The van der Waals surface area contributed by atoms with Crippen LogP contribution in [0.1, 0.15) is 0 Å². The second-order valence-corrected chi connectivity index (χ2v) is 10.8. The SMILES string of the molecule is SCCSCC(CSCCS)(CSCCS)CSCCS. The first-order valence-electron chi connectivity index (χ1n) is 6.99. The first kappa shape index (κ1) is 23.8. The lowest BCUT2D eigenvalue weighted by Gasteiger charge is -2.33. The number of thiol groups is 4. The highest BCUT2D eigenvalue weighted by Crippen LogP contribution is 2.35. The topological polar surface area (TPSA) is 0 Å². The first-order chi connectivity index (χ1) is 10.2. The van der Waals surface area contributed by atoms with Crippen LogP contribution >= 0.6 is 97.6 Å². The molecule has 128 valence electrons. The standard InChI is InChI=1S/C13H28S8/c14-1-5-18-9-13(10-19-6-2-15,11-20-7-3-16)12-21-8-4-17/h14-17H,1-12H2. The molecule has 0 aliphatic heterocycles. The maximum Gasteiger partial charge on any atom is 0.00650 e. The second-order valence-electron chi connectivity index (χ2n) is 4.60. The molecule has 21 heavy (non-hydrogen) atoms. The summed E-state index contributed by atoms with van der Waals surface area (Å²) < 4.78 is 0. The largest absolute Gasteiger partial charge is 0.179 e. The van der Waals surface area contributed by atoms with Crippen molar-refractivity contribution in [1.82, 2.24) is 0 Å². The third-order valence-corrected chi connectivity index (χ3v) is 9.92.